The first-order valence-corrected chi connectivity index (χ1v) is 6.30. The van der Waals surface area contributed by atoms with Gasteiger partial charge in [0.1, 0.15) is 11.5 Å². The molecule has 0 aliphatic rings. The highest BCUT2D eigenvalue weighted by atomic mass is 19.3. The predicted octanol–water partition coefficient (Wildman–Crippen LogP) is 2.75. The van der Waals surface area contributed by atoms with Gasteiger partial charge in [-0.05, 0) is 26.0 Å². The van der Waals surface area contributed by atoms with Crippen molar-refractivity contribution < 1.29 is 32.1 Å². The molecule has 8 heteroatoms. The minimum absolute atomic E-state index is 0.198. The van der Waals surface area contributed by atoms with E-state index < -0.39 is 19.3 Å². The third-order valence-corrected chi connectivity index (χ3v) is 2.53. The highest BCUT2D eigenvalue weighted by molar-refractivity contribution is 5.40. The smallest absolute Gasteiger partial charge is 0.387 e. The van der Waals surface area contributed by atoms with E-state index in [9.17, 15) is 17.6 Å². The van der Waals surface area contributed by atoms with E-state index in [0.29, 0.717) is 18.5 Å². The summed E-state index contributed by atoms with van der Waals surface area (Å²) in [5, 5.41) is 12.0. The molecule has 0 fully saturated rings. The molecule has 0 spiro atoms. The first kappa shape index (κ1) is 17.5. The first-order chi connectivity index (χ1) is 9.88. The summed E-state index contributed by atoms with van der Waals surface area (Å²) in [6.45, 7) is -3.81. The fraction of sp³-hybridized carbons (Fsp3) is 0.538. The first-order valence-electron chi connectivity index (χ1n) is 6.30. The molecule has 0 bridgehead atoms. The number of aliphatic hydroxyl groups excluding tert-OH is 1. The van der Waals surface area contributed by atoms with Crippen LogP contribution in [0.3, 0.4) is 0 Å². The van der Waals surface area contributed by atoms with Crippen LogP contribution in [0.15, 0.2) is 18.2 Å². The summed E-state index contributed by atoms with van der Waals surface area (Å²) in [6, 6.07) is 3.60. The Morgan fingerprint density at radius 2 is 1.81 bits per heavy atom. The van der Waals surface area contributed by atoms with Crippen LogP contribution in [-0.2, 0) is 6.54 Å². The molecule has 21 heavy (non-hydrogen) atoms. The van der Waals surface area contributed by atoms with Gasteiger partial charge in [0.2, 0.25) is 0 Å². The zero-order valence-corrected chi connectivity index (χ0v) is 11.4. The Bertz CT molecular complexity index is 430. The number of halogens is 4. The molecule has 2 N–H and O–H groups in total. The summed E-state index contributed by atoms with van der Waals surface area (Å²) in [4.78, 5) is 0. The molecule has 120 valence electrons. The number of alkyl halides is 4. The van der Waals surface area contributed by atoms with Crippen molar-refractivity contribution in [3.8, 4) is 11.5 Å². The number of rotatable bonds is 9. The van der Waals surface area contributed by atoms with Crippen LogP contribution in [0.2, 0.25) is 0 Å². The fourth-order valence-corrected chi connectivity index (χ4v) is 1.60. The van der Waals surface area contributed by atoms with Gasteiger partial charge in [-0.1, -0.05) is 6.07 Å². The highest BCUT2D eigenvalue weighted by Gasteiger charge is 2.13. The van der Waals surface area contributed by atoms with Crippen molar-refractivity contribution in [3.05, 3.63) is 23.8 Å². The van der Waals surface area contributed by atoms with Crippen molar-refractivity contribution in [2.24, 2.45) is 0 Å². The van der Waals surface area contributed by atoms with Crippen molar-refractivity contribution in [2.75, 3.05) is 6.54 Å². The molecule has 0 radical (unpaired) electrons. The molecule has 1 aromatic rings. The summed E-state index contributed by atoms with van der Waals surface area (Å²) >= 11 is 0. The summed E-state index contributed by atoms with van der Waals surface area (Å²) in [7, 11) is 0. The topological polar surface area (TPSA) is 50.7 Å². The van der Waals surface area contributed by atoms with Gasteiger partial charge >= 0.3 is 13.2 Å². The maximum absolute atomic E-state index is 12.3. The van der Waals surface area contributed by atoms with Gasteiger partial charge in [0.25, 0.3) is 0 Å². The third kappa shape index (κ3) is 7.14. The van der Waals surface area contributed by atoms with Crippen LogP contribution >= 0.6 is 0 Å². The fourth-order valence-electron chi connectivity index (χ4n) is 1.60. The second kappa shape index (κ2) is 8.68. The number of ether oxygens (including phenoxy) is 2. The highest BCUT2D eigenvalue weighted by Crippen LogP contribution is 2.27. The SMILES string of the molecule is CC(O)CCNCc1ccc(OC(F)F)cc1OC(F)F. The molecule has 0 amide bonds. The quantitative estimate of drug-likeness (QED) is 0.544. The van der Waals surface area contributed by atoms with E-state index in [-0.39, 0.29) is 18.0 Å². The van der Waals surface area contributed by atoms with Crippen LogP contribution in [0.4, 0.5) is 17.6 Å². The lowest BCUT2D eigenvalue weighted by atomic mass is 10.2. The Balaban J connectivity index is 2.71. The van der Waals surface area contributed by atoms with Crippen LogP contribution in [-0.4, -0.2) is 31.0 Å². The van der Waals surface area contributed by atoms with Gasteiger partial charge in [0.15, 0.2) is 0 Å². The largest absolute Gasteiger partial charge is 0.435 e. The monoisotopic (exact) mass is 311 g/mol. The lowest BCUT2D eigenvalue weighted by Gasteiger charge is -2.14. The molecule has 1 atom stereocenters. The Kier molecular flexibility index (Phi) is 7.24. The molecule has 0 saturated carbocycles. The van der Waals surface area contributed by atoms with Crippen molar-refractivity contribution in [1.29, 1.82) is 0 Å². The van der Waals surface area contributed by atoms with E-state index in [1.807, 2.05) is 0 Å². The number of nitrogens with one attached hydrogen (secondary N) is 1. The Morgan fingerprint density at radius 3 is 2.38 bits per heavy atom. The van der Waals surface area contributed by atoms with Crippen molar-refractivity contribution in [3.63, 3.8) is 0 Å². The third-order valence-electron chi connectivity index (χ3n) is 2.53. The van der Waals surface area contributed by atoms with Gasteiger partial charge in [-0.3, -0.25) is 0 Å². The zero-order valence-electron chi connectivity index (χ0n) is 11.4. The molecular weight excluding hydrogens is 294 g/mol. The molecule has 0 aliphatic carbocycles. The molecule has 0 heterocycles. The molecule has 1 aromatic carbocycles. The normalized spacial score (nSPS) is 12.8. The molecule has 1 rings (SSSR count). The molecule has 0 aromatic heterocycles. The van der Waals surface area contributed by atoms with Crippen molar-refractivity contribution in [1.82, 2.24) is 5.32 Å². The average molecular weight is 311 g/mol. The number of hydrogen-bond donors (Lipinski definition) is 2. The van der Waals surface area contributed by atoms with Gasteiger partial charge in [0.05, 0.1) is 6.10 Å². The molecule has 1 unspecified atom stereocenters. The van der Waals surface area contributed by atoms with E-state index in [1.54, 1.807) is 6.92 Å². The Hall–Kier alpha value is -1.54. The van der Waals surface area contributed by atoms with Crippen LogP contribution in [0, 0.1) is 0 Å². The van der Waals surface area contributed by atoms with E-state index in [4.69, 9.17) is 5.11 Å². The standard InChI is InChI=1S/C13H17F4NO3/c1-8(19)4-5-18-7-9-2-3-10(20-12(14)15)6-11(9)21-13(16)17/h2-3,6,8,12-13,18-19H,4-5,7H2,1H3. The number of hydrogen-bond acceptors (Lipinski definition) is 4. The summed E-state index contributed by atoms with van der Waals surface area (Å²) in [6.07, 6.45) is 0.0218. The number of benzene rings is 1. The zero-order chi connectivity index (χ0) is 15.8. The van der Waals surface area contributed by atoms with Crippen LogP contribution < -0.4 is 14.8 Å². The van der Waals surface area contributed by atoms with Crippen LogP contribution in [0.25, 0.3) is 0 Å². The van der Waals surface area contributed by atoms with Crippen molar-refractivity contribution >= 4 is 0 Å². The van der Waals surface area contributed by atoms with Gasteiger partial charge in [-0.2, -0.15) is 17.6 Å². The van der Waals surface area contributed by atoms with Gasteiger partial charge in [0, 0.05) is 18.2 Å². The summed E-state index contributed by atoms with van der Waals surface area (Å²) in [5.41, 5.74) is 0.377. The second-order valence-electron chi connectivity index (χ2n) is 4.34. The van der Waals surface area contributed by atoms with Gasteiger partial charge < -0.3 is 19.9 Å². The minimum Gasteiger partial charge on any atom is -0.435 e. The molecular formula is C13H17F4NO3. The Morgan fingerprint density at radius 1 is 1.14 bits per heavy atom. The maximum atomic E-state index is 12.3. The lowest BCUT2D eigenvalue weighted by Crippen LogP contribution is -2.19. The summed E-state index contributed by atoms with van der Waals surface area (Å²) < 4.78 is 57.3. The average Bonchev–Trinajstić information content (AvgIpc) is 2.35. The molecule has 0 saturated heterocycles. The van der Waals surface area contributed by atoms with E-state index in [1.165, 1.54) is 12.1 Å². The van der Waals surface area contributed by atoms with E-state index in [2.05, 4.69) is 14.8 Å². The Labute approximate surface area is 119 Å². The molecule has 4 nitrogen and oxygen atoms in total. The van der Waals surface area contributed by atoms with Gasteiger partial charge in [-0.25, -0.2) is 0 Å². The van der Waals surface area contributed by atoms with E-state index >= 15 is 0 Å². The van der Waals surface area contributed by atoms with Crippen molar-refractivity contribution in [2.45, 2.75) is 39.2 Å². The predicted molar refractivity (Wildman–Crippen MR) is 67.7 cm³/mol. The van der Waals surface area contributed by atoms with E-state index in [0.717, 1.165) is 6.07 Å². The second-order valence-corrected chi connectivity index (χ2v) is 4.34. The number of aliphatic hydroxyl groups is 1. The van der Waals surface area contributed by atoms with Gasteiger partial charge in [-0.15, -0.1) is 0 Å². The van der Waals surface area contributed by atoms with Crippen LogP contribution in [0.1, 0.15) is 18.9 Å². The molecule has 0 aliphatic heterocycles. The van der Waals surface area contributed by atoms with Crippen LogP contribution in [0.5, 0.6) is 11.5 Å². The minimum atomic E-state index is -3.07. The lowest BCUT2D eigenvalue weighted by molar-refractivity contribution is -0.0546. The summed E-state index contributed by atoms with van der Waals surface area (Å²) in [5.74, 6) is -0.485. The maximum Gasteiger partial charge on any atom is 0.387 e.